The Balaban J connectivity index is 1.88. The lowest BCUT2D eigenvalue weighted by Crippen LogP contribution is -2.25. The molecule has 16 heavy (non-hydrogen) atoms. The summed E-state index contributed by atoms with van der Waals surface area (Å²) in [5.74, 6) is 0. The second-order valence-corrected chi connectivity index (χ2v) is 4.24. The molecule has 0 unspecified atom stereocenters. The fourth-order valence-electron chi connectivity index (χ4n) is 1.53. The number of ether oxygens (including phenoxy) is 2. The van der Waals surface area contributed by atoms with Crippen LogP contribution in [0, 0.1) is 0 Å². The molecule has 4 nitrogen and oxygen atoms in total. The Morgan fingerprint density at radius 2 is 2.00 bits per heavy atom. The molecule has 1 aliphatic rings. The van der Waals surface area contributed by atoms with Gasteiger partial charge in [-0.05, 0) is 30.5 Å². The van der Waals surface area contributed by atoms with Crippen LogP contribution in [0.5, 0.6) is 0 Å². The van der Waals surface area contributed by atoms with Crippen molar-refractivity contribution in [1.29, 1.82) is 0 Å². The van der Waals surface area contributed by atoms with E-state index in [0.29, 0.717) is 11.6 Å². The van der Waals surface area contributed by atoms with Crippen LogP contribution >= 0.6 is 23.2 Å². The number of aryl methyl sites for hydroxylation is 1. The van der Waals surface area contributed by atoms with Gasteiger partial charge in [0.25, 0.3) is 0 Å². The predicted octanol–water partition coefficient (Wildman–Crippen LogP) is 2.48. The number of rotatable bonds is 3. The number of hydrogen-bond acceptors (Lipinski definition) is 4. The molecule has 0 radical (unpaired) electrons. The molecule has 0 N–H and O–H groups in total. The van der Waals surface area contributed by atoms with E-state index in [4.69, 9.17) is 32.7 Å². The van der Waals surface area contributed by atoms with Gasteiger partial charge in [-0.25, -0.2) is 9.97 Å². The van der Waals surface area contributed by atoms with Crippen LogP contribution in [0.4, 0.5) is 0 Å². The third-order valence-electron chi connectivity index (χ3n) is 2.25. The van der Waals surface area contributed by atoms with Crippen molar-refractivity contribution < 1.29 is 9.47 Å². The molecular weight excluding hydrogens is 251 g/mol. The fraction of sp³-hybridized carbons (Fsp3) is 0.600. The summed E-state index contributed by atoms with van der Waals surface area (Å²) in [6.45, 7) is 1.52. The van der Waals surface area contributed by atoms with Crippen molar-refractivity contribution in [2.45, 2.75) is 25.6 Å². The summed E-state index contributed by atoms with van der Waals surface area (Å²) in [5, 5.41) is 0.536. The van der Waals surface area contributed by atoms with Gasteiger partial charge in [0.05, 0.1) is 13.2 Å². The maximum atomic E-state index is 5.77. The topological polar surface area (TPSA) is 44.2 Å². The van der Waals surface area contributed by atoms with Crippen LogP contribution < -0.4 is 0 Å². The Morgan fingerprint density at radius 1 is 1.25 bits per heavy atom. The quantitative estimate of drug-likeness (QED) is 0.620. The zero-order valence-electron chi connectivity index (χ0n) is 8.66. The van der Waals surface area contributed by atoms with Crippen LogP contribution in [-0.2, 0) is 15.9 Å². The Kier molecular flexibility index (Phi) is 4.35. The summed E-state index contributed by atoms with van der Waals surface area (Å²) in [5.41, 5.74) is 0.808. The lowest BCUT2D eigenvalue weighted by molar-refractivity contribution is -0.180. The molecule has 0 aliphatic carbocycles. The molecule has 0 spiro atoms. The zero-order chi connectivity index (χ0) is 11.4. The van der Waals surface area contributed by atoms with Gasteiger partial charge < -0.3 is 9.47 Å². The first-order valence-corrected chi connectivity index (χ1v) is 5.92. The fourth-order valence-corrected chi connectivity index (χ4v) is 1.98. The average Bonchev–Trinajstić information content (AvgIpc) is 2.27. The molecule has 0 aromatic carbocycles. The van der Waals surface area contributed by atoms with Crippen molar-refractivity contribution in [3.05, 3.63) is 22.2 Å². The SMILES string of the molecule is Clc1cc(CCC2OCCCO2)nc(Cl)n1. The van der Waals surface area contributed by atoms with E-state index >= 15 is 0 Å². The van der Waals surface area contributed by atoms with E-state index in [9.17, 15) is 0 Å². The zero-order valence-corrected chi connectivity index (χ0v) is 10.2. The number of hydrogen-bond donors (Lipinski definition) is 0. The normalized spacial score (nSPS) is 17.6. The summed E-state index contributed by atoms with van der Waals surface area (Å²) in [6.07, 6.45) is 2.29. The number of nitrogens with zero attached hydrogens (tertiary/aromatic N) is 2. The summed E-state index contributed by atoms with van der Waals surface area (Å²) in [7, 11) is 0. The smallest absolute Gasteiger partial charge is 0.224 e. The van der Waals surface area contributed by atoms with Gasteiger partial charge in [-0.2, -0.15) is 0 Å². The molecule has 2 heterocycles. The van der Waals surface area contributed by atoms with Crippen molar-refractivity contribution in [2.75, 3.05) is 13.2 Å². The highest BCUT2D eigenvalue weighted by molar-refractivity contribution is 6.31. The molecule has 1 aliphatic heterocycles. The summed E-state index contributed by atoms with van der Waals surface area (Å²) in [6, 6.07) is 1.70. The van der Waals surface area contributed by atoms with Crippen molar-refractivity contribution in [3.8, 4) is 0 Å². The van der Waals surface area contributed by atoms with Crippen molar-refractivity contribution in [1.82, 2.24) is 9.97 Å². The second kappa shape index (κ2) is 5.77. The van der Waals surface area contributed by atoms with E-state index in [0.717, 1.165) is 31.7 Å². The van der Waals surface area contributed by atoms with Crippen molar-refractivity contribution in [3.63, 3.8) is 0 Å². The Morgan fingerprint density at radius 3 is 2.69 bits per heavy atom. The van der Waals surface area contributed by atoms with Crippen LogP contribution in [0.1, 0.15) is 18.5 Å². The van der Waals surface area contributed by atoms with Crippen LogP contribution in [0.15, 0.2) is 6.07 Å². The molecule has 1 aromatic heterocycles. The van der Waals surface area contributed by atoms with Gasteiger partial charge in [0.1, 0.15) is 5.15 Å². The van der Waals surface area contributed by atoms with Gasteiger partial charge in [-0.3, -0.25) is 0 Å². The van der Waals surface area contributed by atoms with Gasteiger partial charge in [0.2, 0.25) is 5.28 Å². The van der Waals surface area contributed by atoms with Crippen molar-refractivity contribution >= 4 is 23.2 Å². The molecule has 0 amide bonds. The van der Waals surface area contributed by atoms with E-state index in [2.05, 4.69) is 9.97 Å². The molecule has 1 saturated heterocycles. The van der Waals surface area contributed by atoms with Gasteiger partial charge >= 0.3 is 0 Å². The lowest BCUT2D eigenvalue weighted by Gasteiger charge is -2.22. The highest BCUT2D eigenvalue weighted by Crippen LogP contribution is 2.15. The summed E-state index contributed by atoms with van der Waals surface area (Å²) >= 11 is 11.5. The minimum Gasteiger partial charge on any atom is -0.353 e. The van der Waals surface area contributed by atoms with Gasteiger partial charge in [0, 0.05) is 12.1 Å². The third-order valence-corrected chi connectivity index (χ3v) is 2.62. The first kappa shape index (κ1) is 12.0. The van der Waals surface area contributed by atoms with Gasteiger partial charge in [-0.1, -0.05) is 11.6 Å². The Bertz CT molecular complexity index is 336. The molecule has 0 saturated carbocycles. The van der Waals surface area contributed by atoms with Crippen LogP contribution in [0.2, 0.25) is 10.4 Å². The average molecular weight is 263 g/mol. The predicted molar refractivity (Wildman–Crippen MR) is 60.7 cm³/mol. The molecule has 6 heteroatoms. The molecular formula is C10H12Cl2N2O2. The minimum absolute atomic E-state index is 0.138. The highest BCUT2D eigenvalue weighted by atomic mass is 35.5. The molecule has 1 aromatic rings. The molecule has 1 fully saturated rings. The Labute approximate surface area is 104 Å². The van der Waals surface area contributed by atoms with Crippen LogP contribution in [0.3, 0.4) is 0 Å². The maximum absolute atomic E-state index is 5.77. The van der Waals surface area contributed by atoms with E-state index in [1.165, 1.54) is 0 Å². The van der Waals surface area contributed by atoms with Crippen molar-refractivity contribution in [2.24, 2.45) is 0 Å². The lowest BCUT2D eigenvalue weighted by atomic mass is 10.2. The monoisotopic (exact) mass is 262 g/mol. The molecule has 88 valence electrons. The minimum atomic E-state index is -0.138. The van der Waals surface area contributed by atoms with E-state index in [-0.39, 0.29) is 11.6 Å². The number of aromatic nitrogens is 2. The highest BCUT2D eigenvalue weighted by Gasteiger charge is 2.14. The third kappa shape index (κ3) is 3.56. The molecule has 2 rings (SSSR count). The summed E-state index contributed by atoms with van der Waals surface area (Å²) in [4.78, 5) is 7.86. The van der Waals surface area contributed by atoms with Gasteiger partial charge in [0.15, 0.2) is 6.29 Å². The van der Waals surface area contributed by atoms with E-state index in [1.54, 1.807) is 6.07 Å². The molecule has 0 atom stereocenters. The van der Waals surface area contributed by atoms with E-state index in [1.807, 2.05) is 0 Å². The summed E-state index contributed by atoms with van der Waals surface area (Å²) < 4.78 is 10.9. The largest absolute Gasteiger partial charge is 0.353 e. The first-order valence-electron chi connectivity index (χ1n) is 5.16. The molecule has 0 bridgehead atoms. The second-order valence-electron chi connectivity index (χ2n) is 3.51. The van der Waals surface area contributed by atoms with Crippen LogP contribution in [-0.4, -0.2) is 29.5 Å². The van der Waals surface area contributed by atoms with E-state index < -0.39 is 0 Å². The Hall–Kier alpha value is -0.420. The standard InChI is InChI=1S/C10H12Cl2N2O2/c11-8-6-7(13-10(12)14-8)2-3-9-15-4-1-5-16-9/h6,9H,1-5H2. The first-order chi connectivity index (χ1) is 7.74. The number of halogens is 2. The van der Waals surface area contributed by atoms with Crippen LogP contribution in [0.25, 0.3) is 0 Å². The maximum Gasteiger partial charge on any atom is 0.224 e. The van der Waals surface area contributed by atoms with Gasteiger partial charge in [-0.15, -0.1) is 0 Å².